The van der Waals surface area contributed by atoms with Crippen molar-refractivity contribution in [1.82, 2.24) is 0 Å². The van der Waals surface area contributed by atoms with Crippen molar-refractivity contribution >= 4 is 15.5 Å². The Bertz CT molecular complexity index is 466. The maximum Gasteiger partial charge on any atom is 0.180 e. The summed E-state index contributed by atoms with van der Waals surface area (Å²) in [6, 6.07) is 4.81. The summed E-state index contributed by atoms with van der Waals surface area (Å²) in [5.74, 6) is 0.451. The second kappa shape index (κ2) is 4.74. The third kappa shape index (κ3) is 2.66. The van der Waals surface area contributed by atoms with Crippen LogP contribution in [0.15, 0.2) is 23.1 Å². The fourth-order valence-corrected chi connectivity index (χ4v) is 2.34. The number of nitrogens with two attached hydrogens (primary N) is 1. The Kier molecular flexibility index (Phi) is 3.80. The SMILES string of the molecule is CCS(=O)(=O)c1cccc(OC(C)C)c1N. The quantitative estimate of drug-likeness (QED) is 0.819. The van der Waals surface area contributed by atoms with Crippen molar-refractivity contribution in [2.75, 3.05) is 11.5 Å². The number of sulfone groups is 1. The molecule has 0 unspecified atom stereocenters. The maximum atomic E-state index is 11.7. The number of benzene rings is 1. The van der Waals surface area contributed by atoms with Gasteiger partial charge in [-0.3, -0.25) is 0 Å². The van der Waals surface area contributed by atoms with Crippen molar-refractivity contribution in [1.29, 1.82) is 0 Å². The molecule has 0 fully saturated rings. The van der Waals surface area contributed by atoms with Gasteiger partial charge in [0, 0.05) is 0 Å². The molecule has 4 nitrogen and oxygen atoms in total. The lowest BCUT2D eigenvalue weighted by Gasteiger charge is -2.14. The molecule has 0 saturated heterocycles. The Labute approximate surface area is 96.3 Å². The van der Waals surface area contributed by atoms with Gasteiger partial charge in [0.05, 0.1) is 22.4 Å². The van der Waals surface area contributed by atoms with Gasteiger partial charge in [-0.05, 0) is 26.0 Å². The fourth-order valence-electron chi connectivity index (χ4n) is 1.31. The van der Waals surface area contributed by atoms with Gasteiger partial charge in [0.2, 0.25) is 0 Å². The summed E-state index contributed by atoms with van der Waals surface area (Å²) in [5.41, 5.74) is 5.98. The van der Waals surface area contributed by atoms with E-state index < -0.39 is 9.84 Å². The average molecular weight is 243 g/mol. The summed E-state index contributed by atoms with van der Waals surface area (Å²) in [4.78, 5) is 0.146. The van der Waals surface area contributed by atoms with Crippen LogP contribution < -0.4 is 10.5 Å². The van der Waals surface area contributed by atoms with Crippen LogP contribution in [0.2, 0.25) is 0 Å². The molecule has 1 rings (SSSR count). The number of anilines is 1. The molecule has 16 heavy (non-hydrogen) atoms. The highest BCUT2D eigenvalue weighted by molar-refractivity contribution is 7.91. The molecule has 0 radical (unpaired) electrons. The van der Waals surface area contributed by atoms with Crippen LogP contribution in [-0.2, 0) is 9.84 Å². The zero-order valence-electron chi connectivity index (χ0n) is 9.73. The summed E-state index contributed by atoms with van der Waals surface area (Å²) >= 11 is 0. The molecule has 0 spiro atoms. The number of hydrogen-bond acceptors (Lipinski definition) is 4. The van der Waals surface area contributed by atoms with Gasteiger partial charge in [0.1, 0.15) is 5.75 Å². The Morgan fingerprint density at radius 3 is 2.50 bits per heavy atom. The van der Waals surface area contributed by atoms with Crippen molar-refractivity contribution in [3.63, 3.8) is 0 Å². The zero-order valence-corrected chi connectivity index (χ0v) is 10.5. The smallest absolute Gasteiger partial charge is 0.180 e. The van der Waals surface area contributed by atoms with E-state index in [0.717, 1.165) is 0 Å². The van der Waals surface area contributed by atoms with E-state index in [1.165, 1.54) is 6.07 Å². The lowest BCUT2D eigenvalue weighted by Crippen LogP contribution is -2.11. The summed E-state index contributed by atoms with van der Waals surface area (Å²) in [6.07, 6.45) is -0.0399. The molecule has 0 aliphatic rings. The van der Waals surface area contributed by atoms with Crippen LogP contribution in [0.1, 0.15) is 20.8 Å². The third-order valence-corrected chi connectivity index (χ3v) is 3.89. The van der Waals surface area contributed by atoms with Gasteiger partial charge >= 0.3 is 0 Å². The van der Waals surface area contributed by atoms with Crippen molar-refractivity contribution < 1.29 is 13.2 Å². The van der Waals surface area contributed by atoms with Crippen LogP contribution in [0.4, 0.5) is 5.69 Å². The van der Waals surface area contributed by atoms with E-state index in [2.05, 4.69) is 0 Å². The van der Waals surface area contributed by atoms with Crippen LogP contribution in [-0.4, -0.2) is 20.3 Å². The van der Waals surface area contributed by atoms with Crippen LogP contribution in [0.25, 0.3) is 0 Å². The molecule has 2 N–H and O–H groups in total. The fraction of sp³-hybridized carbons (Fsp3) is 0.455. The van der Waals surface area contributed by atoms with Gasteiger partial charge in [-0.1, -0.05) is 13.0 Å². The zero-order chi connectivity index (χ0) is 12.3. The van der Waals surface area contributed by atoms with Crippen LogP contribution in [0.3, 0.4) is 0 Å². The van der Waals surface area contributed by atoms with Gasteiger partial charge < -0.3 is 10.5 Å². The highest BCUT2D eigenvalue weighted by atomic mass is 32.2. The van der Waals surface area contributed by atoms with Gasteiger partial charge in [-0.15, -0.1) is 0 Å². The van der Waals surface area contributed by atoms with Crippen LogP contribution in [0, 0.1) is 0 Å². The molecule has 0 amide bonds. The first-order valence-corrected chi connectivity index (χ1v) is 6.81. The van der Waals surface area contributed by atoms with E-state index >= 15 is 0 Å². The molecule has 5 heteroatoms. The molecule has 1 aromatic rings. The molecule has 0 aromatic heterocycles. The Morgan fingerprint density at radius 2 is 2.00 bits per heavy atom. The van der Waals surface area contributed by atoms with Crippen molar-refractivity contribution in [3.8, 4) is 5.75 Å². The number of hydrogen-bond donors (Lipinski definition) is 1. The molecule has 0 aliphatic heterocycles. The summed E-state index contributed by atoms with van der Waals surface area (Å²) in [5, 5.41) is 0. The standard InChI is InChI=1S/C11H17NO3S/c1-4-16(13,14)10-7-5-6-9(11(10)12)15-8(2)3/h5-8H,4,12H2,1-3H3. The number of nitrogen functional groups attached to an aromatic ring is 1. The molecule has 90 valence electrons. The minimum absolute atomic E-state index is 0.0301. The van der Waals surface area contributed by atoms with Gasteiger partial charge in [-0.2, -0.15) is 0 Å². The van der Waals surface area contributed by atoms with Gasteiger partial charge in [0.15, 0.2) is 9.84 Å². The van der Waals surface area contributed by atoms with E-state index in [1.54, 1.807) is 19.1 Å². The molecule has 0 bridgehead atoms. The highest BCUT2D eigenvalue weighted by Crippen LogP contribution is 2.29. The Balaban J connectivity index is 3.24. The molecule has 1 aromatic carbocycles. The summed E-state index contributed by atoms with van der Waals surface area (Å²) in [7, 11) is -3.29. The first kappa shape index (κ1) is 12.8. The minimum Gasteiger partial charge on any atom is -0.489 e. The summed E-state index contributed by atoms with van der Waals surface area (Å²) in [6.45, 7) is 5.31. The van der Waals surface area contributed by atoms with Crippen molar-refractivity contribution in [2.45, 2.75) is 31.8 Å². The normalized spacial score (nSPS) is 11.8. The van der Waals surface area contributed by atoms with E-state index in [9.17, 15) is 8.42 Å². The first-order valence-electron chi connectivity index (χ1n) is 5.16. The minimum atomic E-state index is -3.29. The topological polar surface area (TPSA) is 69.4 Å². The second-order valence-corrected chi connectivity index (χ2v) is 5.98. The van der Waals surface area contributed by atoms with E-state index in [4.69, 9.17) is 10.5 Å². The molecular formula is C11H17NO3S. The lowest BCUT2D eigenvalue weighted by atomic mass is 10.3. The highest BCUT2D eigenvalue weighted by Gasteiger charge is 2.18. The average Bonchev–Trinajstić information content (AvgIpc) is 2.20. The third-order valence-electron chi connectivity index (χ3n) is 2.10. The Morgan fingerprint density at radius 1 is 1.38 bits per heavy atom. The molecular weight excluding hydrogens is 226 g/mol. The predicted octanol–water partition coefficient (Wildman–Crippen LogP) is 1.85. The van der Waals surface area contributed by atoms with Crippen LogP contribution >= 0.6 is 0 Å². The van der Waals surface area contributed by atoms with Crippen LogP contribution in [0.5, 0.6) is 5.75 Å². The van der Waals surface area contributed by atoms with Crippen molar-refractivity contribution in [2.24, 2.45) is 0 Å². The van der Waals surface area contributed by atoms with Gasteiger partial charge in [0.25, 0.3) is 0 Å². The number of rotatable bonds is 4. The van der Waals surface area contributed by atoms with Gasteiger partial charge in [-0.25, -0.2) is 8.42 Å². The Hall–Kier alpha value is -1.23. The van der Waals surface area contributed by atoms with E-state index in [-0.39, 0.29) is 22.4 Å². The molecule has 0 heterocycles. The lowest BCUT2D eigenvalue weighted by molar-refractivity contribution is 0.243. The maximum absolute atomic E-state index is 11.7. The molecule has 0 saturated carbocycles. The number of para-hydroxylation sites is 1. The number of ether oxygens (including phenoxy) is 1. The second-order valence-electron chi connectivity index (χ2n) is 3.74. The molecule has 0 aliphatic carbocycles. The largest absolute Gasteiger partial charge is 0.489 e. The van der Waals surface area contributed by atoms with E-state index in [0.29, 0.717) is 5.75 Å². The first-order chi connectivity index (χ1) is 7.38. The van der Waals surface area contributed by atoms with Crippen molar-refractivity contribution in [3.05, 3.63) is 18.2 Å². The monoisotopic (exact) mass is 243 g/mol. The molecule has 0 atom stereocenters. The van der Waals surface area contributed by atoms with E-state index in [1.807, 2.05) is 13.8 Å². The summed E-state index contributed by atoms with van der Waals surface area (Å²) < 4.78 is 28.9. The predicted molar refractivity (Wildman–Crippen MR) is 64.3 cm³/mol.